The summed E-state index contributed by atoms with van der Waals surface area (Å²) in [6, 6.07) is 17.7. The van der Waals surface area contributed by atoms with Crippen molar-refractivity contribution in [3.05, 3.63) is 65.7 Å². The molecule has 108 valence electrons. The highest BCUT2D eigenvalue weighted by Crippen LogP contribution is 2.26. The van der Waals surface area contributed by atoms with Crippen molar-refractivity contribution in [2.45, 2.75) is 6.04 Å². The third-order valence-electron chi connectivity index (χ3n) is 3.28. The van der Waals surface area contributed by atoms with Gasteiger partial charge in [0.15, 0.2) is 0 Å². The number of aliphatic imine (C=N–C) groups is 1. The fourth-order valence-electron chi connectivity index (χ4n) is 2.26. The molecule has 0 saturated carbocycles. The first-order valence-electron chi connectivity index (χ1n) is 6.96. The molecule has 1 aliphatic heterocycles. The molecule has 0 unspecified atom stereocenters. The Bertz CT molecular complexity index is 625. The molecule has 2 aromatic carbocycles. The van der Waals surface area contributed by atoms with Crippen LogP contribution in [0.4, 0.5) is 0 Å². The van der Waals surface area contributed by atoms with Crippen LogP contribution in [0.15, 0.2) is 59.6 Å². The summed E-state index contributed by atoms with van der Waals surface area (Å²) in [7, 11) is 0. The zero-order chi connectivity index (χ0) is 14.5. The molecule has 1 aliphatic rings. The topological polar surface area (TPSA) is 51.0 Å². The number of nitrogens with zero attached hydrogens (tertiary/aromatic N) is 1. The maximum atomic E-state index is 8.80. The van der Waals surface area contributed by atoms with Gasteiger partial charge in [-0.3, -0.25) is 0 Å². The van der Waals surface area contributed by atoms with Gasteiger partial charge >= 0.3 is 0 Å². The molecule has 4 heteroatoms. The predicted octanol–water partition coefficient (Wildman–Crippen LogP) is 2.58. The minimum atomic E-state index is -0.00223. The van der Waals surface area contributed by atoms with Gasteiger partial charge in [-0.05, 0) is 23.8 Å². The molecule has 1 N–H and O–H groups in total. The van der Waals surface area contributed by atoms with Gasteiger partial charge in [-0.1, -0.05) is 36.4 Å². The van der Waals surface area contributed by atoms with Gasteiger partial charge in [0.1, 0.15) is 25.0 Å². The molecule has 2 aromatic rings. The second-order valence-corrected chi connectivity index (χ2v) is 4.77. The minimum absolute atomic E-state index is 0.00223. The van der Waals surface area contributed by atoms with Gasteiger partial charge in [0.25, 0.3) is 0 Å². The number of rotatable bonds is 5. The van der Waals surface area contributed by atoms with E-state index in [9.17, 15) is 0 Å². The van der Waals surface area contributed by atoms with E-state index in [0.717, 1.165) is 11.1 Å². The summed E-state index contributed by atoms with van der Waals surface area (Å²) >= 11 is 0. The summed E-state index contributed by atoms with van der Waals surface area (Å²) < 4.78 is 11.1. The van der Waals surface area contributed by atoms with Crippen molar-refractivity contribution >= 4 is 5.90 Å². The van der Waals surface area contributed by atoms with Crippen LogP contribution in [-0.2, 0) is 4.74 Å². The van der Waals surface area contributed by atoms with Gasteiger partial charge in [-0.15, -0.1) is 0 Å². The van der Waals surface area contributed by atoms with E-state index in [1.807, 2.05) is 42.5 Å². The van der Waals surface area contributed by atoms with E-state index in [1.165, 1.54) is 0 Å². The maximum absolute atomic E-state index is 8.80. The molecule has 0 aromatic heterocycles. The fourth-order valence-corrected chi connectivity index (χ4v) is 2.26. The van der Waals surface area contributed by atoms with Crippen LogP contribution in [0.1, 0.15) is 17.2 Å². The van der Waals surface area contributed by atoms with Crippen molar-refractivity contribution in [3.8, 4) is 5.75 Å². The molecule has 4 nitrogen and oxygen atoms in total. The van der Waals surface area contributed by atoms with Crippen molar-refractivity contribution < 1.29 is 14.6 Å². The molecular weight excluding hydrogens is 266 g/mol. The Morgan fingerprint density at radius 2 is 2.00 bits per heavy atom. The van der Waals surface area contributed by atoms with Crippen LogP contribution in [0, 0.1) is 0 Å². The fraction of sp³-hybridized carbons (Fsp3) is 0.235. The average molecular weight is 283 g/mol. The van der Waals surface area contributed by atoms with Crippen molar-refractivity contribution in [3.63, 3.8) is 0 Å². The lowest BCUT2D eigenvalue weighted by Crippen LogP contribution is -2.04. The second kappa shape index (κ2) is 6.41. The number of aliphatic hydroxyl groups excluding tert-OH is 1. The largest absolute Gasteiger partial charge is 0.491 e. The zero-order valence-corrected chi connectivity index (χ0v) is 11.6. The number of hydrogen-bond donors (Lipinski definition) is 1. The third kappa shape index (κ3) is 3.23. The molecule has 0 saturated heterocycles. The lowest BCUT2D eigenvalue weighted by molar-refractivity contribution is 0.201. The summed E-state index contributed by atoms with van der Waals surface area (Å²) in [5.74, 6) is 1.34. The van der Waals surface area contributed by atoms with Gasteiger partial charge in [0.2, 0.25) is 5.90 Å². The molecule has 0 spiro atoms. The maximum Gasteiger partial charge on any atom is 0.217 e. The van der Waals surface area contributed by atoms with Gasteiger partial charge in [0.05, 0.1) is 6.61 Å². The molecule has 0 fully saturated rings. The number of hydrogen-bond acceptors (Lipinski definition) is 4. The van der Waals surface area contributed by atoms with Crippen LogP contribution < -0.4 is 4.74 Å². The number of ether oxygens (including phenoxy) is 2. The van der Waals surface area contributed by atoms with Crippen LogP contribution in [0.3, 0.4) is 0 Å². The molecule has 3 rings (SSSR count). The summed E-state index contributed by atoms with van der Waals surface area (Å²) in [5.41, 5.74) is 2.05. The van der Waals surface area contributed by atoms with Crippen molar-refractivity contribution in [1.29, 1.82) is 0 Å². The van der Waals surface area contributed by atoms with Gasteiger partial charge < -0.3 is 14.6 Å². The molecule has 1 atom stereocenters. The molecule has 0 aliphatic carbocycles. The van der Waals surface area contributed by atoms with Gasteiger partial charge in [-0.25, -0.2) is 4.99 Å². The molecule has 0 radical (unpaired) electrons. The van der Waals surface area contributed by atoms with Crippen LogP contribution >= 0.6 is 0 Å². The van der Waals surface area contributed by atoms with Crippen molar-refractivity contribution in [2.24, 2.45) is 4.99 Å². The van der Waals surface area contributed by atoms with Crippen LogP contribution in [0.5, 0.6) is 5.75 Å². The first-order chi connectivity index (χ1) is 10.4. The quantitative estimate of drug-likeness (QED) is 0.917. The first kappa shape index (κ1) is 13.6. The van der Waals surface area contributed by atoms with E-state index in [4.69, 9.17) is 14.6 Å². The van der Waals surface area contributed by atoms with E-state index < -0.39 is 0 Å². The predicted molar refractivity (Wildman–Crippen MR) is 80.7 cm³/mol. The lowest BCUT2D eigenvalue weighted by Gasteiger charge is -2.06. The Morgan fingerprint density at radius 1 is 1.14 bits per heavy atom. The first-order valence-corrected chi connectivity index (χ1v) is 6.96. The van der Waals surface area contributed by atoms with Crippen molar-refractivity contribution in [1.82, 2.24) is 0 Å². The van der Waals surface area contributed by atoms with E-state index >= 15 is 0 Å². The van der Waals surface area contributed by atoms with E-state index in [1.54, 1.807) is 0 Å². The Hall–Kier alpha value is -2.33. The molecule has 0 amide bonds. The van der Waals surface area contributed by atoms with E-state index in [-0.39, 0.29) is 19.3 Å². The Kier molecular flexibility index (Phi) is 4.17. The average Bonchev–Trinajstić information content (AvgIpc) is 3.04. The minimum Gasteiger partial charge on any atom is -0.491 e. The molecule has 21 heavy (non-hydrogen) atoms. The Morgan fingerprint density at radius 3 is 2.81 bits per heavy atom. The van der Waals surface area contributed by atoms with E-state index in [2.05, 4.69) is 17.1 Å². The number of aliphatic hydroxyl groups is 1. The van der Waals surface area contributed by atoms with Crippen molar-refractivity contribution in [2.75, 3.05) is 19.8 Å². The normalized spacial score (nSPS) is 17.2. The Balaban J connectivity index is 1.78. The molecule has 0 bridgehead atoms. The van der Waals surface area contributed by atoms with Gasteiger partial charge in [0, 0.05) is 5.56 Å². The monoisotopic (exact) mass is 283 g/mol. The lowest BCUT2D eigenvalue weighted by atomic mass is 10.1. The Labute approximate surface area is 123 Å². The molecule has 1 heterocycles. The smallest absolute Gasteiger partial charge is 0.217 e. The second-order valence-electron chi connectivity index (χ2n) is 4.77. The highest BCUT2D eigenvalue weighted by molar-refractivity contribution is 5.95. The third-order valence-corrected chi connectivity index (χ3v) is 3.28. The van der Waals surface area contributed by atoms with Crippen LogP contribution in [-0.4, -0.2) is 30.8 Å². The summed E-state index contributed by atoms with van der Waals surface area (Å²) in [4.78, 5) is 4.64. The van der Waals surface area contributed by atoms with Crippen LogP contribution in [0.25, 0.3) is 0 Å². The van der Waals surface area contributed by atoms with Gasteiger partial charge in [-0.2, -0.15) is 0 Å². The standard InChI is InChI=1S/C17H17NO3/c19-9-10-20-15-8-4-7-14(11-15)17-18-16(12-21-17)13-5-2-1-3-6-13/h1-8,11,16,19H,9-10,12H2/t16-/m1/s1. The summed E-state index contributed by atoms with van der Waals surface area (Å²) in [6.07, 6.45) is 0. The van der Waals surface area contributed by atoms with Crippen LogP contribution in [0.2, 0.25) is 0 Å². The highest BCUT2D eigenvalue weighted by Gasteiger charge is 2.21. The highest BCUT2D eigenvalue weighted by atomic mass is 16.5. The van der Waals surface area contributed by atoms with E-state index in [0.29, 0.717) is 18.3 Å². The molecular formula is C17H17NO3. The number of benzene rings is 2. The zero-order valence-electron chi connectivity index (χ0n) is 11.6. The summed E-state index contributed by atoms with van der Waals surface area (Å²) in [5, 5.41) is 8.80. The SMILES string of the molecule is OCCOc1cccc(C2=N[C@@H](c3ccccc3)CO2)c1. The summed E-state index contributed by atoms with van der Waals surface area (Å²) in [6.45, 7) is 0.836.